The number of aromatic nitrogens is 1. The van der Waals surface area contributed by atoms with E-state index in [0.29, 0.717) is 0 Å². The largest absolute Gasteiger partial charge is 0.471 e. The van der Waals surface area contributed by atoms with Crippen LogP contribution in [0.1, 0.15) is 9.84 Å². The molecule has 0 unspecified atom stereocenters. The highest BCUT2D eigenvalue weighted by molar-refractivity contribution is 5.97. The van der Waals surface area contributed by atoms with E-state index in [1.54, 1.807) is 0 Å². The smallest absolute Gasteiger partial charge is 0.317 e. The van der Waals surface area contributed by atoms with Crippen LogP contribution in [0.3, 0.4) is 0 Å². The molecule has 1 heterocycles. The molecule has 0 saturated carbocycles. The van der Waals surface area contributed by atoms with Crippen molar-refractivity contribution in [3.63, 3.8) is 0 Å². The van der Waals surface area contributed by atoms with E-state index in [4.69, 9.17) is 16.9 Å². The Hall–Kier alpha value is -2.45. The van der Waals surface area contributed by atoms with Crippen LogP contribution in [-0.4, -0.2) is 29.9 Å². The molecule has 0 fully saturated rings. The molecule has 18 heavy (non-hydrogen) atoms. The predicted octanol–water partition coefficient (Wildman–Crippen LogP) is 1.50. The van der Waals surface area contributed by atoms with Crippen LogP contribution in [0.2, 0.25) is 0 Å². The summed E-state index contributed by atoms with van der Waals surface area (Å²) in [6.45, 7) is -0.903. The Kier molecular flexibility index (Phi) is 4.35. The van der Waals surface area contributed by atoms with Gasteiger partial charge in [-0.2, -0.15) is 0 Å². The Balaban J connectivity index is -0.00000108. The van der Waals surface area contributed by atoms with Gasteiger partial charge in [0.2, 0.25) is 5.90 Å². The molecule has 0 radical (unpaired) electrons. The summed E-state index contributed by atoms with van der Waals surface area (Å²) in [5.41, 5.74) is 10.5. The first-order valence-electron chi connectivity index (χ1n) is 4.72. The van der Waals surface area contributed by atoms with Crippen molar-refractivity contribution in [1.82, 2.24) is 4.98 Å². The number of hydrogen-bond donors (Lipinski definition) is 4. The maximum Gasteiger partial charge on any atom is 0.317 e. The molecule has 2 amide bonds. The number of primary amides is 1. The number of rotatable bonds is 4. The number of carbonyl (C=O) groups is 1. The molecule has 1 aromatic heterocycles. The van der Waals surface area contributed by atoms with E-state index in [2.05, 4.69) is 15.0 Å². The Morgan fingerprint density at radius 2 is 2.33 bits per heavy atom. The summed E-state index contributed by atoms with van der Waals surface area (Å²) in [5.74, 6) is -0.434. The SMILES string of the molecule is N=C(OCC(F)F)c1cnc(NC(N)=O)cc1N.[HH].[HH].[HH]. The molecule has 7 nitrogen and oxygen atoms in total. The van der Waals surface area contributed by atoms with Crippen LogP contribution < -0.4 is 16.8 Å². The molecule has 0 aromatic carbocycles. The summed E-state index contributed by atoms with van der Waals surface area (Å²) in [6, 6.07) is 0.416. The van der Waals surface area contributed by atoms with Gasteiger partial charge in [0.1, 0.15) is 5.82 Å². The van der Waals surface area contributed by atoms with Gasteiger partial charge in [0.05, 0.1) is 5.56 Å². The number of ether oxygens (including phenoxy) is 1. The zero-order valence-electron chi connectivity index (χ0n) is 9.11. The van der Waals surface area contributed by atoms with Crippen molar-refractivity contribution in [1.29, 1.82) is 5.41 Å². The Morgan fingerprint density at radius 1 is 1.67 bits per heavy atom. The molecule has 0 spiro atoms. The summed E-state index contributed by atoms with van der Waals surface area (Å²) in [4.78, 5) is 14.3. The minimum atomic E-state index is -2.68. The molecule has 104 valence electrons. The molecule has 0 bridgehead atoms. The van der Waals surface area contributed by atoms with Gasteiger partial charge in [-0.05, 0) is 0 Å². The van der Waals surface area contributed by atoms with Crippen molar-refractivity contribution >= 4 is 23.4 Å². The number of nitrogens with two attached hydrogens (primary N) is 2. The zero-order chi connectivity index (χ0) is 13.7. The van der Waals surface area contributed by atoms with E-state index in [1.807, 2.05) is 0 Å². The Bertz CT molecular complexity index is 479. The first-order chi connectivity index (χ1) is 8.40. The molecule has 0 aliphatic carbocycles. The average Bonchev–Trinajstić information content (AvgIpc) is 2.25. The fourth-order valence-electron chi connectivity index (χ4n) is 1.08. The molecular formula is C9H17F2N5O2. The number of nitrogen functional groups attached to an aromatic ring is 1. The minimum absolute atomic E-state index is 0. The second kappa shape index (κ2) is 5.75. The number of carbonyl (C=O) groups excluding carboxylic acids is 1. The lowest BCUT2D eigenvalue weighted by Crippen LogP contribution is -2.20. The van der Waals surface area contributed by atoms with Gasteiger partial charge in [0.25, 0.3) is 6.43 Å². The number of hydrogen-bond acceptors (Lipinski definition) is 5. The van der Waals surface area contributed by atoms with Crippen LogP contribution >= 0.6 is 0 Å². The van der Waals surface area contributed by atoms with E-state index >= 15 is 0 Å². The van der Waals surface area contributed by atoms with Crippen molar-refractivity contribution in [3.8, 4) is 0 Å². The van der Waals surface area contributed by atoms with E-state index < -0.39 is 25.0 Å². The second-order valence-electron chi connectivity index (χ2n) is 3.18. The number of alkyl halides is 2. The zero-order valence-corrected chi connectivity index (χ0v) is 9.11. The van der Waals surface area contributed by atoms with Crippen LogP contribution in [0.5, 0.6) is 0 Å². The summed E-state index contributed by atoms with van der Waals surface area (Å²) < 4.78 is 28.3. The quantitative estimate of drug-likeness (QED) is 0.485. The van der Waals surface area contributed by atoms with Crippen LogP contribution in [0, 0.1) is 5.41 Å². The highest BCUT2D eigenvalue weighted by Gasteiger charge is 2.12. The van der Waals surface area contributed by atoms with E-state index in [1.165, 1.54) is 6.07 Å². The first kappa shape index (κ1) is 13.6. The molecule has 0 aliphatic rings. The van der Waals surface area contributed by atoms with Crippen LogP contribution in [0.4, 0.5) is 25.1 Å². The van der Waals surface area contributed by atoms with Gasteiger partial charge >= 0.3 is 6.03 Å². The monoisotopic (exact) mass is 265 g/mol. The van der Waals surface area contributed by atoms with Crippen LogP contribution in [0.15, 0.2) is 12.3 Å². The van der Waals surface area contributed by atoms with Crippen molar-refractivity contribution in [3.05, 3.63) is 17.8 Å². The van der Waals surface area contributed by atoms with Crippen molar-refractivity contribution in [2.75, 3.05) is 17.7 Å². The van der Waals surface area contributed by atoms with Gasteiger partial charge in [-0.3, -0.25) is 10.7 Å². The molecule has 1 rings (SSSR count). The number of halogens is 2. The average molecular weight is 265 g/mol. The highest BCUT2D eigenvalue weighted by Crippen LogP contribution is 2.16. The van der Waals surface area contributed by atoms with Gasteiger partial charge in [-0.1, -0.05) is 0 Å². The third-order valence-corrected chi connectivity index (χ3v) is 1.79. The predicted molar refractivity (Wildman–Crippen MR) is 67.0 cm³/mol. The summed E-state index contributed by atoms with van der Waals surface area (Å²) >= 11 is 0. The van der Waals surface area contributed by atoms with Crippen molar-refractivity contribution in [2.45, 2.75) is 6.43 Å². The first-order valence-corrected chi connectivity index (χ1v) is 4.72. The van der Waals surface area contributed by atoms with Gasteiger partial charge in [0, 0.05) is 22.2 Å². The lowest BCUT2D eigenvalue weighted by molar-refractivity contribution is 0.0761. The van der Waals surface area contributed by atoms with Crippen molar-refractivity contribution < 1.29 is 22.6 Å². The molecular weight excluding hydrogens is 248 g/mol. The van der Waals surface area contributed by atoms with E-state index in [0.717, 1.165) is 6.20 Å². The van der Waals surface area contributed by atoms with Crippen LogP contribution in [0.25, 0.3) is 0 Å². The van der Waals surface area contributed by atoms with E-state index in [-0.39, 0.29) is 21.3 Å². The van der Waals surface area contributed by atoms with Gasteiger partial charge in [-0.15, -0.1) is 0 Å². The fourth-order valence-corrected chi connectivity index (χ4v) is 1.08. The minimum Gasteiger partial charge on any atom is -0.471 e. The Labute approximate surface area is 105 Å². The molecule has 0 atom stereocenters. The number of urea groups is 1. The van der Waals surface area contributed by atoms with Gasteiger partial charge < -0.3 is 16.2 Å². The third-order valence-electron chi connectivity index (χ3n) is 1.79. The lowest BCUT2D eigenvalue weighted by Gasteiger charge is -2.10. The van der Waals surface area contributed by atoms with E-state index in [9.17, 15) is 13.6 Å². The highest BCUT2D eigenvalue weighted by atomic mass is 19.3. The number of anilines is 2. The number of nitrogens with one attached hydrogen (secondary N) is 2. The standard InChI is InChI=1S/C9H11F2N5O2.3H2/c10-6(11)3-18-8(13)4-2-15-7(1-5(4)12)16-9(14)17;;;/h1-2,6,13H,3H2,(H5,12,14,15,16,17);3*1H. The molecule has 1 aromatic rings. The lowest BCUT2D eigenvalue weighted by atomic mass is 10.2. The third kappa shape index (κ3) is 3.85. The topological polar surface area (TPSA) is 127 Å². The maximum atomic E-state index is 11.9. The maximum absolute atomic E-state index is 11.9. The second-order valence-corrected chi connectivity index (χ2v) is 3.18. The number of pyridine rings is 1. The molecule has 6 N–H and O–H groups in total. The molecule has 9 heteroatoms. The summed E-state index contributed by atoms with van der Waals surface area (Å²) in [5, 5.41) is 9.57. The normalized spacial score (nSPS) is 10.2. The number of nitrogens with zero attached hydrogens (tertiary/aromatic N) is 1. The Morgan fingerprint density at radius 3 is 2.83 bits per heavy atom. The summed E-state index contributed by atoms with van der Waals surface area (Å²) in [7, 11) is 0. The van der Waals surface area contributed by atoms with Crippen LogP contribution in [-0.2, 0) is 4.74 Å². The molecule has 0 aliphatic heterocycles. The molecule has 0 saturated heterocycles. The van der Waals surface area contributed by atoms with Crippen molar-refractivity contribution in [2.24, 2.45) is 5.73 Å². The van der Waals surface area contributed by atoms with Gasteiger partial charge in [-0.25, -0.2) is 18.6 Å². The van der Waals surface area contributed by atoms with Gasteiger partial charge in [0.15, 0.2) is 6.61 Å². The number of amides is 2. The fraction of sp³-hybridized carbons (Fsp3) is 0.222. The summed E-state index contributed by atoms with van der Waals surface area (Å²) in [6.07, 6.45) is -1.57.